The maximum Gasteiger partial charge on any atom is 0.131 e. The van der Waals surface area contributed by atoms with Crippen molar-refractivity contribution in [3.63, 3.8) is 0 Å². The molecule has 2 aliphatic rings. The Morgan fingerprint density at radius 2 is 1.78 bits per heavy atom. The van der Waals surface area contributed by atoms with Gasteiger partial charge in [0.15, 0.2) is 0 Å². The summed E-state index contributed by atoms with van der Waals surface area (Å²) in [6, 6.07) is 15.2. The van der Waals surface area contributed by atoms with E-state index in [1.165, 1.54) is 65.3 Å². The summed E-state index contributed by atoms with van der Waals surface area (Å²) in [7, 11) is 0. The topological polar surface area (TPSA) is 41.9 Å². The fourth-order valence-electron chi connectivity index (χ4n) is 5.57. The SMILES string of the molecule is Cc1ccc2nc3ccccc3c(CN3CCc4nc(C5CCCCC5)ncc4C3)c2c1. The number of hydrogen-bond donors (Lipinski definition) is 0. The van der Waals surface area contributed by atoms with Crippen LogP contribution < -0.4 is 0 Å². The smallest absolute Gasteiger partial charge is 0.131 e. The van der Waals surface area contributed by atoms with Crippen molar-refractivity contribution in [3.8, 4) is 0 Å². The van der Waals surface area contributed by atoms with Crippen molar-refractivity contribution in [2.45, 2.75) is 64.5 Å². The molecule has 3 heterocycles. The molecule has 1 saturated carbocycles. The second-order valence-corrected chi connectivity index (χ2v) is 9.62. The number of rotatable bonds is 3. The van der Waals surface area contributed by atoms with Gasteiger partial charge in [0.2, 0.25) is 0 Å². The molecule has 0 bridgehead atoms. The van der Waals surface area contributed by atoms with Crippen LogP contribution in [0.3, 0.4) is 0 Å². The van der Waals surface area contributed by atoms with E-state index < -0.39 is 0 Å². The van der Waals surface area contributed by atoms with Crippen molar-refractivity contribution in [3.05, 3.63) is 76.9 Å². The molecule has 0 saturated heterocycles. The molecule has 4 heteroatoms. The molecule has 1 aliphatic carbocycles. The third-order valence-corrected chi connectivity index (χ3v) is 7.33. The third kappa shape index (κ3) is 3.67. The van der Waals surface area contributed by atoms with Crippen LogP contribution in [0, 0.1) is 6.92 Å². The molecule has 0 spiro atoms. The summed E-state index contributed by atoms with van der Waals surface area (Å²) in [5, 5.41) is 2.54. The highest BCUT2D eigenvalue weighted by Gasteiger charge is 2.23. The van der Waals surface area contributed by atoms with E-state index in [1.54, 1.807) is 0 Å². The molecule has 4 aromatic rings. The summed E-state index contributed by atoms with van der Waals surface area (Å²) in [5.74, 6) is 1.67. The van der Waals surface area contributed by atoms with Crippen LogP contribution in [0.25, 0.3) is 21.8 Å². The Morgan fingerprint density at radius 3 is 2.69 bits per heavy atom. The van der Waals surface area contributed by atoms with Gasteiger partial charge in [0, 0.05) is 60.2 Å². The fraction of sp³-hybridized carbons (Fsp3) is 0.393. The van der Waals surface area contributed by atoms with Gasteiger partial charge in [0.05, 0.1) is 11.0 Å². The van der Waals surface area contributed by atoms with E-state index in [4.69, 9.17) is 15.0 Å². The average molecular weight is 423 g/mol. The summed E-state index contributed by atoms with van der Waals surface area (Å²) in [6.45, 7) is 5.05. The molecule has 2 aromatic heterocycles. The predicted octanol–water partition coefficient (Wildman–Crippen LogP) is 6.09. The van der Waals surface area contributed by atoms with Crippen molar-refractivity contribution in [1.29, 1.82) is 0 Å². The zero-order valence-electron chi connectivity index (χ0n) is 18.8. The van der Waals surface area contributed by atoms with Crippen LogP contribution in [0.4, 0.5) is 0 Å². The summed E-state index contributed by atoms with van der Waals surface area (Å²) in [6.07, 6.45) is 9.66. The lowest BCUT2D eigenvalue weighted by Crippen LogP contribution is -2.31. The normalized spacial score (nSPS) is 17.7. The lowest BCUT2D eigenvalue weighted by molar-refractivity contribution is 0.244. The van der Waals surface area contributed by atoms with Gasteiger partial charge in [0.25, 0.3) is 0 Å². The van der Waals surface area contributed by atoms with Crippen LogP contribution in [-0.4, -0.2) is 26.4 Å². The Balaban J connectivity index is 1.31. The zero-order valence-corrected chi connectivity index (χ0v) is 18.8. The van der Waals surface area contributed by atoms with Gasteiger partial charge in [-0.05, 0) is 43.5 Å². The Kier molecular flexibility index (Phi) is 5.11. The number of para-hydroxylation sites is 1. The van der Waals surface area contributed by atoms with E-state index in [0.717, 1.165) is 42.9 Å². The minimum Gasteiger partial charge on any atom is -0.294 e. The predicted molar refractivity (Wildman–Crippen MR) is 130 cm³/mol. The second-order valence-electron chi connectivity index (χ2n) is 9.62. The van der Waals surface area contributed by atoms with Gasteiger partial charge in [-0.25, -0.2) is 15.0 Å². The van der Waals surface area contributed by atoms with Gasteiger partial charge in [-0.2, -0.15) is 0 Å². The largest absolute Gasteiger partial charge is 0.294 e. The minimum atomic E-state index is 0.574. The van der Waals surface area contributed by atoms with E-state index >= 15 is 0 Å². The van der Waals surface area contributed by atoms with Crippen LogP contribution in [0.5, 0.6) is 0 Å². The Morgan fingerprint density at radius 1 is 0.938 bits per heavy atom. The first-order valence-corrected chi connectivity index (χ1v) is 12.1. The molecule has 6 rings (SSSR count). The van der Waals surface area contributed by atoms with Gasteiger partial charge in [-0.3, -0.25) is 4.90 Å². The minimum absolute atomic E-state index is 0.574. The monoisotopic (exact) mass is 422 g/mol. The van der Waals surface area contributed by atoms with Crippen molar-refractivity contribution < 1.29 is 0 Å². The van der Waals surface area contributed by atoms with Gasteiger partial charge in [-0.15, -0.1) is 0 Å². The zero-order chi connectivity index (χ0) is 21.5. The van der Waals surface area contributed by atoms with E-state index in [2.05, 4.69) is 60.5 Å². The van der Waals surface area contributed by atoms with Crippen molar-refractivity contribution in [2.75, 3.05) is 6.54 Å². The second kappa shape index (κ2) is 8.25. The van der Waals surface area contributed by atoms with Gasteiger partial charge in [-0.1, -0.05) is 49.1 Å². The number of hydrogen-bond acceptors (Lipinski definition) is 4. The molecule has 0 unspecified atom stereocenters. The number of pyridine rings is 1. The van der Waals surface area contributed by atoms with Crippen LogP contribution >= 0.6 is 0 Å². The molecule has 0 radical (unpaired) electrons. The molecule has 162 valence electrons. The molecule has 32 heavy (non-hydrogen) atoms. The van der Waals surface area contributed by atoms with Crippen LogP contribution in [0.1, 0.15) is 66.2 Å². The first kappa shape index (κ1) is 19.8. The highest BCUT2D eigenvalue weighted by molar-refractivity contribution is 5.97. The first-order chi connectivity index (χ1) is 15.7. The van der Waals surface area contributed by atoms with Crippen molar-refractivity contribution in [1.82, 2.24) is 19.9 Å². The maximum absolute atomic E-state index is 5.04. The maximum atomic E-state index is 5.04. The number of aryl methyl sites for hydroxylation is 1. The standard InChI is InChI=1S/C28H30N4/c1-19-11-12-27-23(15-19)24(22-9-5-6-10-26(22)30-27)18-32-14-13-25-21(17-32)16-29-28(31-25)20-7-3-2-4-8-20/h5-6,9-12,15-16,20H,2-4,7-8,13-14,17-18H2,1H3. The molecule has 4 nitrogen and oxygen atoms in total. The number of aromatic nitrogens is 3. The lowest BCUT2D eigenvalue weighted by Gasteiger charge is -2.29. The summed E-state index contributed by atoms with van der Waals surface area (Å²) in [4.78, 5) is 17.3. The van der Waals surface area contributed by atoms with Crippen LogP contribution in [0.2, 0.25) is 0 Å². The highest BCUT2D eigenvalue weighted by Crippen LogP contribution is 2.32. The van der Waals surface area contributed by atoms with Crippen molar-refractivity contribution >= 4 is 21.8 Å². The summed E-state index contributed by atoms with van der Waals surface area (Å²) >= 11 is 0. The molecule has 1 aliphatic heterocycles. The summed E-state index contributed by atoms with van der Waals surface area (Å²) in [5.41, 5.74) is 7.41. The highest BCUT2D eigenvalue weighted by atomic mass is 15.1. The van der Waals surface area contributed by atoms with Gasteiger partial charge >= 0.3 is 0 Å². The Hall–Kier alpha value is -2.85. The lowest BCUT2D eigenvalue weighted by atomic mass is 9.88. The molecule has 0 N–H and O–H groups in total. The third-order valence-electron chi connectivity index (χ3n) is 7.33. The Labute approximate surface area is 189 Å². The number of nitrogens with zero attached hydrogens (tertiary/aromatic N) is 4. The molecule has 1 fully saturated rings. The quantitative estimate of drug-likeness (QED) is 0.375. The average Bonchev–Trinajstić information content (AvgIpc) is 2.84. The molecule has 2 aromatic carbocycles. The summed E-state index contributed by atoms with van der Waals surface area (Å²) < 4.78 is 0. The molecule has 0 atom stereocenters. The van der Waals surface area contributed by atoms with E-state index in [0.29, 0.717) is 5.92 Å². The first-order valence-electron chi connectivity index (χ1n) is 12.1. The Bertz CT molecular complexity index is 1290. The molecular weight excluding hydrogens is 392 g/mol. The van der Waals surface area contributed by atoms with Gasteiger partial charge in [0.1, 0.15) is 5.82 Å². The molecule has 0 amide bonds. The van der Waals surface area contributed by atoms with E-state index in [9.17, 15) is 0 Å². The van der Waals surface area contributed by atoms with Gasteiger partial charge < -0.3 is 0 Å². The van der Waals surface area contributed by atoms with Crippen LogP contribution in [0.15, 0.2) is 48.7 Å². The van der Waals surface area contributed by atoms with Crippen LogP contribution in [-0.2, 0) is 19.5 Å². The van der Waals surface area contributed by atoms with E-state index in [-0.39, 0.29) is 0 Å². The van der Waals surface area contributed by atoms with E-state index in [1.807, 2.05) is 0 Å². The number of benzene rings is 2. The number of fused-ring (bicyclic) bond motifs is 3. The fourth-order valence-corrected chi connectivity index (χ4v) is 5.57. The molecular formula is C28H30N4. The van der Waals surface area contributed by atoms with Crippen molar-refractivity contribution in [2.24, 2.45) is 0 Å².